The summed E-state index contributed by atoms with van der Waals surface area (Å²) in [5, 5.41) is 0. The Morgan fingerprint density at radius 2 is 1.75 bits per heavy atom. The van der Waals surface area contributed by atoms with Crippen molar-refractivity contribution < 1.29 is 0 Å². The fourth-order valence-electron chi connectivity index (χ4n) is 1.49. The molecule has 1 rings (SSSR count). The molecule has 1 aromatic rings. The van der Waals surface area contributed by atoms with Gasteiger partial charge in [0, 0.05) is 6.04 Å². The van der Waals surface area contributed by atoms with Crippen LogP contribution in [0.2, 0.25) is 0 Å². The normalized spacial score (nSPS) is 13.0. The Morgan fingerprint density at radius 3 is 2.17 bits per heavy atom. The molecule has 1 nitrogen and oxygen atoms in total. The SMILES string of the molecule is Cc1cccc(C)c1C[C@@H](C)N. The van der Waals surface area contributed by atoms with Crippen molar-refractivity contribution in [2.24, 2.45) is 5.73 Å². The van der Waals surface area contributed by atoms with E-state index in [9.17, 15) is 0 Å². The van der Waals surface area contributed by atoms with E-state index in [1.165, 1.54) is 16.7 Å². The third-order valence-electron chi connectivity index (χ3n) is 2.17. The zero-order valence-corrected chi connectivity index (χ0v) is 8.09. The van der Waals surface area contributed by atoms with E-state index in [2.05, 4.69) is 32.0 Å². The highest BCUT2D eigenvalue weighted by Gasteiger charge is 2.03. The van der Waals surface area contributed by atoms with Gasteiger partial charge in [-0.15, -0.1) is 0 Å². The van der Waals surface area contributed by atoms with Gasteiger partial charge in [-0.1, -0.05) is 18.2 Å². The van der Waals surface area contributed by atoms with Crippen LogP contribution in [0, 0.1) is 13.8 Å². The number of nitrogens with two attached hydrogens (primary N) is 1. The van der Waals surface area contributed by atoms with Crippen LogP contribution in [0.3, 0.4) is 0 Å². The van der Waals surface area contributed by atoms with Crippen LogP contribution in [0.1, 0.15) is 23.6 Å². The van der Waals surface area contributed by atoms with E-state index >= 15 is 0 Å². The molecule has 0 spiro atoms. The van der Waals surface area contributed by atoms with E-state index in [-0.39, 0.29) is 6.04 Å². The molecule has 0 aliphatic rings. The Hall–Kier alpha value is -0.820. The maximum atomic E-state index is 5.76. The largest absolute Gasteiger partial charge is 0.328 e. The summed E-state index contributed by atoms with van der Waals surface area (Å²) >= 11 is 0. The van der Waals surface area contributed by atoms with Crippen LogP contribution in [-0.2, 0) is 6.42 Å². The Balaban J connectivity index is 2.96. The minimum atomic E-state index is 0.254. The van der Waals surface area contributed by atoms with Crippen LogP contribution < -0.4 is 5.73 Å². The van der Waals surface area contributed by atoms with Gasteiger partial charge in [0.15, 0.2) is 0 Å². The molecule has 2 N–H and O–H groups in total. The van der Waals surface area contributed by atoms with Crippen molar-refractivity contribution in [3.05, 3.63) is 34.9 Å². The first-order chi connectivity index (χ1) is 5.61. The average Bonchev–Trinajstić information content (AvgIpc) is 1.97. The number of aryl methyl sites for hydroxylation is 2. The molecule has 0 amide bonds. The van der Waals surface area contributed by atoms with Crippen LogP contribution in [0.15, 0.2) is 18.2 Å². The van der Waals surface area contributed by atoms with E-state index in [0.717, 1.165) is 6.42 Å². The van der Waals surface area contributed by atoms with Crippen molar-refractivity contribution in [1.29, 1.82) is 0 Å². The van der Waals surface area contributed by atoms with Crippen LogP contribution in [0.5, 0.6) is 0 Å². The molecular formula is C11H17N. The monoisotopic (exact) mass is 163 g/mol. The summed E-state index contributed by atoms with van der Waals surface area (Å²) in [7, 11) is 0. The highest BCUT2D eigenvalue weighted by Crippen LogP contribution is 2.14. The van der Waals surface area contributed by atoms with E-state index in [4.69, 9.17) is 5.73 Å². The van der Waals surface area contributed by atoms with Gasteiger partial charge in [-0.25, -0.2) is 0 Å². The van der Waals surface area contributed by atoms with Gasteiger partial charge in [0.05, 0.1) is 0 Å². The van der Waals surface area contributed by atoms with Gasteiger partial charge in [-0.2, -0.15) is 0 Å². The van der Waals surface area contributed by atoms with Crippen molar-refractivity contribution in [1.82, 2.24) is 0 Å². The summed E-state index contributed by atoms with van der Waals surface area (Å²) in [6.07, 6.45) is 0.985. The van der Waals surface area contributed by atoms with Crippen LogP contribution in [0.4, 0.5) is 0 Å². The van der Waals surface area contributed by atoms with Crippen molar-refractivity contribution in [3.63, 3.8) is 0 Å². The fraction of sp³-hybridized carbons (Fsp3) is 0.455. The molecule has 0 radical (unpaired) electrons. The van der Waals surface area contributed by atoms with E-state index in [0.29, 0.717) is 0 Å². The minimum absolute atomic E-state index is 0.254. The molecule has 0 aliphatic carbocycles. The predicted octanol–water partition coefficient (Wildman–Crippen LogP) is 2.19. The zero-order chi connectivity index (χ0) is 9.14. The number of hydrogen-bond acceptors (Lipinski definition) is 1. The second-order valence-corrected chi connectivity index (χ2v) is 3.55. The number of rotatable bonds is 2. The highest BCUT2D eigenvalue weighted by atomic mass is 14.6. The van der Waals surface area contributed by atoms with E-state index in [1.807, 2.05) is 6.92 Å². The lowest BCUT2D eigenvalue weighted by molar-refractivity contribution is 0.731. The average molecular weight is 163 g/mol. The second-order valence-electron chi connectivity index (χ2n) is 3.55. The zero-order valence-electron chi connectivity index (χ0n) is 8.09. The fourth-order valence-corrected chi connectivity index (χ4v) is 1.49. The molecule has 0 heterocycles. The van der Waals surface area contributed by atoms with Gasteiger partial charge in [-0.3, -0.25) is 0 Å². The standard InChI is InChI=1S/C11H17N/c1-8-5-4-6-9(2)11(8)7-10(3)12/h4-6,10H,7,12H2,1-3H3/t10-/m1/s1. The van der Waals surface area contributed by atoms with Gasteiger partial charge in [0.2, 0.25) is 0 Å². The Morgan fingerprint density at radius 1 is 1.25 bits per heavy atom. The van der Waals surface area contributed by atoms with Crippen LogP contribution >= 0.6 is 0 Å². The lowest BCUT2D eigenvalue weighted by Crippen LogP contribution is -2.19. The molecule has 0 aliphatic heterocycles. The first kappa shape index (κ1) is 9.27. The molecule has 0 saturated heterocycles. The van der Waals surface area contributed by atoms with Crippen molar-refractivity contribution >= 4 is 0 Å². The van der Waals surface area contributed by atoms with Crippen molar-refractivity contribution in [3.8, 4) is 0 Å². The van der Waals surface area contributed by atoms with Crippen LogP contribution in [-0.4, -0.2) is 6.04 Å². The summed E-state index contributed by atoms with van der Waals surface area (Å²) in [5.74, 6) is 0. The summed E-state index contributed by atoms with van der Waals surface area (Å²) in [4.78, 5) is 0. The quantitative estimate of drug-likeness (QED) is 0.710. The molecule has 0 bridgehead atoms. The first-order valence-corrected chi connectivity index (χ1v) is 4.42. The number of hydrogen-bond donors (Lipinski definition) is 1. The maximum absolute atomic E-state index is 5.76. The molecule has 0 unspecified atom stereocenters. The molecule has 12 heavy (non-hydrogen) atoms. The topological polar surface area (TPSA) is 26.0 Å². The maximum Gasteiger partial charge on any atom is 0.00511 e. The molecule has 1 atom stereocenters. The molecule has 1 heteroatoms. The van der Waals surface area contributed by atoms with Crippen molar-refractivity contribution in [2.75, 3.05) is 0 Å². The van der Waals surface area contributed by atoms with Crippen molar-refractivity contribution in [2.45, 2.75) is 33.2 Å². The predicted molar refractivity (Wildman–Crippen MR) is 53.3 cm³/mol. The Labute approximate surface area is 74.6 Å². The molecule has 66 valence electrons. The van der Waals surface area contributed by atoms with E-state index in [1.54, 1.807) is 0 Å². The lowest BCUT2D eigenvalue weighted by Gasteiger charge is -2.11. The van der Waals surface area contributed by atoms with Gasteiger partial charge < -0.3 is 5.73 Å². The van der Waals surface area contributed by atoms with Crippen LogP contribution in [0.25, 0.3) is 0 Å². The molecule has 0 fully saturated rings. The van der Waals surface area contributed by atoms with E-state index < -0.39 is 0 Å². The van der Waals surface area contributed by atoms with Gasteiger partial charge in [-0.05, 0) is 43.9 Å². The molecule has 0 saturated carbocycles. The molecular weight excluding hydrogens is 146 g/mol. The first-order valence-electron chi connectivity index (χ1n) is 4.42. The molecule has 0 aromatic heterocycles. The Bertz CT molecular complexity index is 243. The summed E-state index contributed by atoms with van der Waals surface area (Å²) in [6.45, 7) is 6.33. The third-order valence-corrected chi connectivity index (χ3v) is 2.17. The second kappa shape index (κ2) is 3.72. The van der Waals surface area contributed by atoms with Gasteiger partial charge in [0.25, 0.3) is 0 Å². The molecule has 1 aromatic carbocycles. The smallest absolute Gasteiger partial charge is 0.00511 e. The lowest BCUT2D eigenvalue weighted by atomic mass is 9.97. The third kappa shape index (κ3) is 2.08. The van der Waals surface area contributed by atoms with Gasteiger partial charge >= 0.3 is 0 Å². The van der Waals surface area contributed by atoms with Gasteiger partial charge in [0.1, 0.15) is 0 Å². The minimum Gasteiger partial charge on any atom is -0.328 e. The summed E-state index contributed by atoms with van der Waals surface area (Å²) < 4.78 is 0. The summed E-state index contributed by atoms with van der Waals surface area (Å²) in [6, 6.07) is 6.63. The highest BCUT2D eigenvalue weighted by molar-refractivity contribution is 5.33. The Kier molecular flexibility index (Phi) is 2.88. The number of benzene rings is 1. The summed E-state index contributed by atoms with van der Waals surface area (Å²) in [5.41, 5.74) is 9.88.